The van der Waals surface area contributed by atoms with Gasteiger partial charge < -0.3 is 9.47 Å². The summed E-state index contributed by atoms with van der Waals surface area (Å²) in [5.41, 5.74) is 2.11. The maximum Gasteiger partial charge on any atom is 0.292 e. The molecule has 0 saturated carbocycles. The quantitative estimate of drug-likeness (QED) is 0.650. The zero-order valence-electron chi connectivity index (χ0n) is 7.92. The lowest BCUT2D eigenvalue weighted by Crippen LogP contribution is -1.94. The number of hydrogen-bond acceptors (Lipinski definition) is 3. The van der Waals surface area contributed by atoms with Crippen LogP contribution in [0.5, 0.6) is 11.5 Å². The van der Waals surface area contributed by atoms with Crippen LogP contribution in [-0.4, -0.2) is 7.11 Å². The molecule has 1 aromatic rings. The third-order valence-corrected chi connectivity index (χ3v) is 2.00. The second-order valence-electron chi connectivity index (χ2n) is 2.73. The van der Waals surface area contributed by atoms with Crippen LogP contribution in [0.2, 0.25) is 0 Å². The van der Waals surface area contributed by atoms with Crippen LogP contribution in [0.3, 0.4) is 0 Å². The summed E-state index contributed by atoms with van der Waals surface area (Å²) in [5, 5.41) is 8.37. The van der Waals surface area contributed by atoms with Gasteiger partial charge in [0, 0.05) is 0 Å². The molecule has 1 rings (SSSR count). The molecule has 0 saturated heterocycles. The van der Waals surface area contributed by atoms with E-state index in [1.54, 1.807) is 19.4 Å². The van der Waals surface area contributed by atoms with Crippen LogP contribution in [0, 0.1) is 25.4 Å². The monoisotopic (exact) mass is 177 g/mol. The van der Waals surface area contributed by atoms with Crippen LogP contribution in [0.15, 0.2) is 12.1 Å². The first-order chi connectivity index (χ1) is 6.20. The van der Waals surface area contributed by atoms with Crippen molar-refractivity contribution in [2.75, 3.05) is 7.11 Å². The van der Waals surface area contributed by atoms with Gasteiger partial charge in [-0.2, -0.15) is 0 Å². The van der Waals surface area contributed by atoms with E-state index in [9.17, 15) is 0 Å². The number of nitriles is 1. The third-order valence-electron chi connectivity index (χ3n) is 2.00. The van der Waals surface area contributed by atoms with Gasteiger partial charge in [0.2, 0.25) is 0 Å². The van der Waals surface area contributed by atoms with Crippen molar-refractivity contribution in [3.8, 4) is 17.8 Å². The molecule has 0 N–H and O–H groups in total. The lowest BCUT2D eigenvalue weighted by atomic mass is 10.1. The first-order valence-corrected chi connectivity index (χ1v) is 3.90. The topological polar surface area (TPSA) is 42.2 Å². The zero-order valence-corrected chi connectivity index (χ0v) is 7.92. The molecule has 0 radical (unpaired) electrons. The van der Waals surface area contributed by atoms with Gasteiger partial charge in [0.1, 0.15) is 0 Å². The Kier molecular flexibility index (Phi) is 2.76. The van der Waals surface area contributed by atoms with E-state index in [2.05, 4.69) is 0 Å². The van der Waals surface area contributed by atoms with E-state index >= 15 is 0 Å². The molecule has 3 heteroatoms. The van der Waals surface area contributed by atoms with Gasteiger partial charge in [0.25, 0.3) is 6.26 Å². The molecule has 0 aliphatic heterocycles. The van der Waals surface area contributed by atoms with Crippen molar-refractivity contribution in [3.05, 3.63) is 23.3 Å². The number of aryl methyl sites for hydroxylation is 1. The summed E-state index contributed by atoms with van der Waals surface area (Å²) in [6.45, 7) is 3.91. The molecule has 0 aliphatic carbocycles. The summed E-state index contributed by atoms with van der Waals surface area (Å²) in [4.78, 5) is 0. The second kappa shape index (κ2) is 3.81. The number of nitrogens with zero attached hydrogens (tertiary/aromatic N) is 1. The maximum atomic E-state index is 8.37. The van der Waals surface area contributed by atoms with Gasteiger partial charge in [-0.05, 0) is 31.0 Å². The van der Waals surface area contributed by atoms with E-state index in [0.717, 1.165) is 11.1 Å². The number of hydrogen-bond donors (Lipinski definition) is 0. The Morgan fingerprint density at radius 1 is 1.31 bits per heavy atom. The summed E-state index contributed by atoms with van der Waals surface area (Å²) in [6.07, 6.45) is 1.63. The molecule has 3 nitrogen and oxygen atoms in total. The molecule has 0 amide bonds. The minimum Gasteiger partial charge on any atom is -0.493 e. The van der Waals surface area contributed by atoms with Gasteiger partial charge in [0.15, 0.2) is 11.5 Å². The molecule has 13 heavy (non-hydrogen) atoms. The smallest absolute Gasteiger partial charge is 0.292 e. The van der Waals surface area contributed by atoms with Gasteiger partial charge in [-0.1, -0.05) is 6.07 Å². The maximum absolute atomic E-state index is 8.37. The van der Waals surface area contributed by atoms with Crippen molar-refractivity contribution in [1.82, 2.24) is 0 Å². The average molecular weight is 177 g/mol. The standard InChI is InChI=1S/C10H11NO2/c1-7-4-5-9(13-6-11)10(12-3)8(7)2/h4-5H,1-3H3. The van der Waals surface area contributed by atoms with Gasteiger partial charge in [-0.25, -0.2) is 0 Å². The molecule has 0 unspecified atom stereocenters. The fourth-order valence-corrected chi connectivity index (χ4v) is 1.15. The number of methoxy groups -OCH3 is 1. The highest BCUT2D eigenvalue weighted by Crippen LogP contribution is 2.32. The molecule has 0 fully saturated rings. The lowest BCUT2D eigenvalue weighted by Gasteiger charge is -2.10. The predicted octanol–water partition coefficient (Wildman–Crippen LogP) is 2.17. The highest BCUT2D eigenvalue weighted by molar-refractivity contribution is 5.50. The highest BCUT2D eigenvalue weighted by Gasteiger charge is 2.09. The van der Waals surface area contributed by atoms with Crippen LogP contribution in [0.1, 0.15) is 11.1 Å². The van der Waals surface area contributed by atoms with Crippen LogP contribution < -0.4 is 9.47 Å². The lowest BCUT2D eigenvalue weighted by molar-refractivity contribution is 0.381. The van der Waals surface area contributed by atoms with E-state index in [1.807, 2.05) is 19.9 Å². The summed E-state index contributed by atoms with van der Waals surface area (Å²) >= 11 is 0. The van der Waals surface area contributed by atoms with E-state index in [-0.39, 0.29) is 0 Å². The summed E-state index contributed by atoms with van der Waals surface area (Å²) in [6, 6.07) is 3.62. The van der Waals surface area contributed by atoms with Gasteiger partial charge >= 0.3 is 0 Å². The minimum absolute atomic E-state index is 0.466. The van der Waals surface area contributed by atoms with Gasteiger partial charge in [0.05, 0.1) is 7.11 Å². The third kappa shape index (κ3) is 1.73. The first-order valence-electron chi connectivity index (χ1n) is 3.90. The molecule has 1 aromatic carbocycles. The van der Waals surface area contributed by atoms with E-state index in [1.165, 1.54) is 0 Å². The molecule has 0 spiro atoms. The Morgan fingerprint density at radius 3 is 2.54 bits per heavy atom. The Hall–Kier alpha value is -1.69. The number of rotatable bonds is 2. The van der Waals surface area contributed by atoms with Crippen molar-refractivity contribution in [3.63, 3.8) is 0 Å². The van der Waals surface area contributed by atoms with E-state index < -0.39 is 0 Å². The van der Waals surface area contributed by atoms with Crippen LogP contribution >= 0.6 is 0 Å². The molecular weight excluding hydrogens is 166 g/mol. The Morgan fingerprint density at radius 2 is 2.00 bits per heavy atom. The average Bonchev–Trinajstić information content (AvgIpc) is 2.12. The number of benzene rings is 1. The molecular formula is C10H11NO2. The molecule has 0 atom stereocenters. The SMILES string of the molecule is COc1c(OC#N)ccc(C)c1C. The minimum atomic E-state index is 0.466. The van der Waals surface area contributed by atoms with Crippen molar-refractivity contribution < 1.29 is 9.47 Å². The van der Waals surface area contributed by atoms with Crippen LogP contribution in [0.4, 0.5) is 0 Å². The normalized spacial score (nSPS) is 9.08. The summed E-state index contributed by atoms with van der Waals surface area (Å²) < 4.78 is 9.88. The van der Waals surface area contributed by atoms with E-state index in [0.29, 0.717) is 11.5 Å². The zero-order chi connectivity index (χ0) is 9.84. The van der Waals surface area contributed by atoms with Crippen molar-refractivity contribution >= 4 is 0 Å². The Labute approximate surface area is 77.5 Å². The summed E-state index contributed by atoms with van der Waals surface area (Å²) in [5.74, 6) is 1.09. The van der Waals surface area contributed by atoms with Crippen molar-refractivity contribution in [2.45, 2.75) is 13.8 Å². The highest BCUT2D eigenvalue weighted by atomic mass is 16.5. The van der Waals surface area contributed by atoms with Crippen molar-refractivity contribution in [2.24, 2.45) is 0 Å². The molecule has 0 aliphatic rings. The predicted molar refractivity (Wildman–Crippen MR) is 48.7 cm³/mol. The molecule has 0 bridgehead atoms. The van der Waals surface area contributed by atoms with Crippen LogP contribution in [-0.2, 0) is 0 Å². The van der Waals surface area contributed by atoms with Crippen LogP contribution in [0.25, 0.3) is 0 Å². The largest absolute Gasteiger partial charge is 0.493 e. The Balaban J connectivity index is 3.23. The fourth-order valence-electron chi connectivity index (χ4n) is 1.15. The Bertz CT molecular complexity index is 353. The second-order valence-corrected chi connectivity index (χ2v) is 2.73. The number of ether oxygens (including phenoxy) is 2. The molecule has 0 aromatic heterocycles. The van der Waals surface area contributed by atoms with Gasteiger partial charge in [-0.3, -0.25) is 0 Å². The summed E-state index contributed by atoms with van der Waals surface area (Å²) in [7, 11) is 1.56. The van der Waals surface area contributed by atoms with E-state index in [4.69, 9.17) is 14.7 Å². The molecule has 68 valence electrons. The van der Waals surface area contributed by atoms with Crippen molar-refractivity contribution in [1.29, 1.82) is 5.26 Å². The molecule has 0 heterocycles. The first kappa shape index (κ1) is 9.40. The van der Waals surface area contributed by atoms with Gasteiger partial charge in [-0.15, -0.1) is 5.26 Å². The fraction of sp³-hybridized carbons (Fsp3) is 0.300.